The number of allylic oxidation sites excluding steroid dienone is 1. The Balaban J connectivity index is 1.25. The molecule has 0 aliphatic heterocycles. The average Bonchev–Trinajstić information content (AvgIpc) is 3.57. The largest absolute Gasteiger partial charge is 0.416 e. The van der Waals surface area contributed by atoms with Crippen LogP contribution in [0, 0.1) is 17.2 Å². The molecule has 13 heteroatoms. The number of ketones is 1. The molecule has 7 rings (SSSR count). The Bertz CT molecular complexity index is 1830. The molecule has 3 atom stereocenters. The second-order valence-electron chi connectivity index (χ2n) is 12.2. The van der Waals surface area contributed by atoms with Gasteiger partial charge in [0.25, 0.3) is 0 Å². The third-order valence-corrected chi connectivity index (χ3v) is 10.6. The van der Waals surface area contributed by atoms with Gasteiger partial charge in [0, 0.05) is 32.0 Å². The lowest BCUT2D eigenvalue weighted by Gasteiger charge is -2.45. The van der Waals surface area contributed by atoms with Gasteiger partial charge in [0.15, 0.2) is 5.78 Å². The van der Waals surface area contributed by atoms with E-state index in [2.05, 4.69) is 15.2 Å². The molecule has 0 bridgehead atoms. The van der Waals surface area contributed by atoms with Crippen molar-refractivity contribution in [2.45, 2.75) is 62.2 Å². The summed E-state index contributed by atoms with van der Waals surface area (Å²) in [5.74, 6) is -0.293. The van der Waals surface area contributed by atoms with Gasteiger partial charge in [0.1, 0.15) is 22.5 Å². The number of hydrogen-bond acceptors (Lipinski definition) is 5. The van der Waals surface area contributed by atoms with Crippen LogP contribution in [0.4, 0.5) is 17.6 Å². The number of pyridine rings is 1. The monoisotopic (exact) mass is 638 g/mol. The van der Waals surface area contributed by atoms with Crippen molar-refractivity contribution in [1.29, 1.82) is 0 Å². The molecule has 1 aromatic carbocycles. The topological polar surface area (TPSA) is 85.9 Å². The van der Waals surface area contributed by atoms with Gasteiger partial charge in [-0.05, 0) is 92.5 Å². The lowest BCUT2D eigenvalue weighted by molar-refractivity contribution is -0.137. The standard InChI is InChI=1S/C32H30F4N6O2S/c1-40(45(44)27-17-38-41(19-27)18-20-2-3-20)26-7-4-22-13-29-21(16-39-42(29)25-8-5-24(33)6-9-25)14-31(22,15-26)30(43)28-12-23(10-11-37-28)32(34,35)36/h5-6,8-13,16-17,19-20,26H,2-4,7,14-15,18H2,1H3. The summed E-state index contributed by atoms with van der Waals surface area (Å²) >= 11 is 0. The Labute approximate surface area is 259 Å². The quantitative estimate of drug-likeness (QED) is 0.173. The third kappa shape index (κ3) is 5.56. The first-order valence-electron chi connectivity index (χ1n) is 14.8. The summed E-state index contributed by atoms with van der Waals surface area (Å²) in [5, 5.41) is 8.90. The fraction of sp³-hybridized carbons (Fsp3) is 0.375. The Morgan fingerprint density at radius 1 is 1.11 bits per heavy atom. The zero-order valence-electron chi connectivity index (χ0n) is 24.4. The molecular formula is C32H30F4N6O2S. The van der Waals surface area contributed by atoms with Crippen LogP contribution >= 0.6 is 0 Å². The number of alkyl halides is 3. The predicted molar refractivity (Wildman–Crippen MR) is 158 cm³/mol. The van der Waals surface area contributed by atoms with Gasteiger partial charge in [-0.25, -0.2) is 17.6 Å². The van der Waals surface area contributed by atoms with E-state index in [9.17, 15) is 26.6 Å². The molecule has 3 unspecified atom stereocenters. The van der Waals surface area contributed by atoms with Crippen molar-refractivity contribution in [3.63, 3.8) is 0 Å². The number of nitrogens with zero attached hydrogens (tertiary/aromatic N) is 6. The smallest absolute Gasteiger partial charge is 0.291 e. The van der Waals surface area contributed by atoms with E-state index in [1.54, 1.807) is 46.8 Å². The number of rotatable bonds is 8. The van der Waals surface area contributed by atoms with E-state index >= 15 is 0 Å². The lowest BCUT2D eigenvalue weighted by atomic mass is 9.60. The van der Waals surface area contributed by atoms with Crippen LogP contribution in [-0.2, 0) is 30.1 Å². The Morgan fingerprint density at radius 2 is 1.89 bits per heavy atom. The number of halogens is 4. The van der Waals surface area contributed by atoms with Crippen LogP contribution < -0.4 is 0 Å². The highest BCUT2D eigenvalue weighted by Crippen LogP contribution is 2.51. The summed E-state index contributed by atoms with van der Waals surface area (Å²) in [4.78, 5) is 19.1. The zero-order valence-corrected chi connectivity index (χ0v) is 25.2. The summed E-state index contributed by atoms with van der Waals surface area (Å²) in [6.45, 7) is 0.786. The number of fused-ring (bicyclic) bond motifs is 2. The highest BCUT2D eigenvalue weighted by molar-refractivity contribution is 7.82. The first kappa shape index (κ1) is 29.7. The number of benzene rings is 1. The summed E-state index contributed by atoms with van der Waals surface area (Å²) in [7, 11) is 0.182. The predicted octanol–water partition coefficient (Wildman–Crippen LogP) is 6.05. The minimum absolute atomic E-state index is 0.183. The van der Waals surface area contributed by atoms with Gasteiger partial charge < -0.3 is 0 Å². The molecule has 0 N–H and O–H groups in total. The highest BCUT2D eigenvalue weighted by Gasteiger charge is 2.51. The average molecular weight is 639 g/mol. The van der Waals surface area contributed by atoms with Crippen molar-refractivity contribution < 1.29 is 26.6 Å². The van der Waals surface area contributed by atoms with Crippen LogP contribution in [0.25, 0.3) is 11.8 Å². The van der Waals surface area contributed by atoms with Gasteiger partial charge in [-0.15, -0.1) is 0 Å². The number of aromatic nitrogens is 5. The molecule has 4 aromatic rings. The van der Waals surface area contributed by atoms with Crippen LogP contribution in [0.2, 0.25) is 0 Å². The van der Waals surface area contributed by atoms with Crippen molar-refractivity contribution in [2.24, 2.45) is 11.3 Å². The fourth-order valence-corrected chi connectivity index (χ4v) is 7.69. The number of carbonyl (C=O) groups is 1. The molecule has 8 nitrogen and oxygen atoms in total. The Morgan fingerprint density at radius 3 is 2.62 bits per heavy atom. The molecule has 3 aromatic heterocycles. The van der Waals surface area contributed by atoms with E-state index in [1.165, 1.54) is 12.1 Å². The fourth-order valence-electron chi connectivity index (χ4n) is 6.56. The molecule has 2 fully saturated rings. The third-order valence-electron chi connectivity index (χ3n) is 9.19. The summed E-state index contributed by atoms with van der Waals surface area (Å²) < 4.78 is 73.5. The van der Waals surface area contributed by atoms with Gasteiger partial charge in [-0.3, -0.25) is 14.5 Å². The first-order chi connectivity index (χ1) is 21.5. The molecule has 45 heavy (non-hydrogen) atoms. The normalized spacial score (nSPS) is 22.1. The number of carbonyl (C=O) groups excluding carboxylic acids is 1. The molecule has 0 saturated heterocycles. The summed E-state index contributed by atoms with van der Waals surface area (Å²) in [6.07, 6.45) is 7.07. The van der Waals surface area contributed by atoms with E-state index < -0.39 is 33.9 Å². The molecule has 3 heterocycles. The van der Waals surface area contributed by atoms with Crippen molar-refractivity contribution in [2.75, 3.05) is 7.05 Å². The van der Waals surface area contributed by atoms with Crippen LogP contribution in [0.5, 0.6) is 0 Å². The molecule has 3 aliphatic rings. The van der Waals surface area contributed by atoms with Crippen molar-refractivity contribution in [1.82, 2.24) is 28.9 Å². The molecule has 2 saturated carbocycles. The molecule has 3 aliphatic carbocycles. The van der Waals surface area contributed by atoms with Gasteiger partial charge in [-0.1, -0.05) is 5.57 Å². The highest BCUT2D eigenvalue weighted by atomic mass is 32.2. The second kappa shape index (κ2) is 11.1. The number of Topliss-reactive ketones (excluding diaryl/α,β-unsaturated/α-hetero) is 1. The maximum absolute atomic E-state index is 14.4. The molecular weight excluding hydrogens is 608 g/mol. The maximum Gasteiger partial charge on any atom is 0.416 e. The minimum atomic E-state index is -4.64. The number of hydrogen-bond donors (Lipinski definition) is 0. The van der Waals surface area contributed by atoms with E-state index in [-0.39, 0.29) is 30.4 Å². The van der Waals surface area contributed by atoms with Crippen LogP contribution in [0.1, 0.15) is 59.4 Å². The van der Waals surface area contributed by atoms with Crippen molar-refractivity contribution in [3.8, 4) is 5.69 Å². The maximum atomic E-state index is 14.4. The van der Waals surface area contributed by atoms with Crippen LogP contribution in [-0.4, -0.2) is 51.9 Å². The van der Waals surface area contributed by atoms with Crippen LogP contribution in [0.15, 0.2) is 71.7 Å². The SMILES string of the molecule is CN(C1CCC2=Cc3c(cnn3-c3ccc(F)cc3)CC2(C(=O)c2cc(C(F)(F)F)ccn2)C1)S(=O)c1cnn(CC2CC2)c1. The van der Waals surface area contributed by atoms with Crippen LogP contribution in [0.3, 0.4) is 0 Å². The minimum Gasteiger partial charge on any atom is -0.291 e. The molecule has 0 amide bonds. The van der Waals surface area contributed by atoms with Gasteiger partial charge >= 0.3 is 6.18 Å². The Kier molecular flexibility index (Phi) is 7.35. The summed E-state index contributed by atoms with van der Waals surface area (Å²) in [5.41, 5.74) is 0.422. The molecule has 234 valence electrons. The summed E-state index contributed by atoms with van der Waals surface area (Å²) in [6, 6.07) is 7.22. The van der Waals surface area contributed by atoms with Crippen molar-refractivity contribution in [3.05, 3.63) is 95.1 Å². The van der Waals surface area contributed by atoms with Gasteiger partial charge in [0.05, 0.1) is 39.6 Å². The van der Waals surface area contributed by atoms with E-state index in [1.807, 2.05) is 10.8 Å². The Hall–Kier alpha value is -3.97. The molecule has 0 spiro atoms. The van der Waals surface area contributed by atoms with E-state index in [4.69, 9.17) is 0 Å². The second-order valence-corrected chi connectivity index (χ2v) is 13.7. The van der Waals surface area contributed by atoms with E-state index in [0.29, 0.717) is 29.3 Å². The lowest BCUT2D eigenvalue weighted by Crippen LogP contribution is -2.48. The van der Waals surface area contributed by atoms with Crippen molar-refractivity contribution >= 4 is 22.8 Å². The zero-order chi connectivity index (χ0) is 31.5. The van der Waals surface area contributed by atoms with Gasteiger partial charge in [-0.2, -0.15) is 23.4 Å². The molecule has 0 radical (unpaired) electrons. The first-order valence-corrected chi connectivity index (χ1v) is 15.9. The van der Waals surface area contributed by atoms with Gasteiger partial charge in [0.2, 0.25) is 0 Å². The van der Waals surface area contributed by atoms with E-state index in [0.717, 1.165) is 54.5 Å².